The smallest absolute Gasteiger partial charge is 0.244 e. The van der Waals surface area contributed by atoms with E-state index in [1.165, 1.54) is 37.5 Å². The predicted molar refractivity (Wildman–Crippen MR) is 83.2 cm³/mol. The van der Waals surface area contributed by atoms with E-state index in [0.717, 1.165) is 24.7 Å². The molecule has 4 saturated carbocycles. The minimum atomic E-state index is -0.173. The second-order valence-electron chi connectivity index (χ2n) is 7.27. The molecule has 4 aliphatic carbocycles. The van der Waals surface area contributed by atoms with Crippen LogP contribution in [0.15, 0.2) is 24.3 Å². The molecule has 1 aromatic rings. The van der Waals surface area contributed by atoms with Gasteiger partial charge in [-0.15, -0.1) is 0 Å². The first-order chi connectivity index (χ1) is 10.5. The number of phenols is 2. The third-order valence-corrected chi connectivity index (χ3v) is 5.79. The van der Waals surface area contributed by atoms with Crippen LogP contribution in [-0.2, 0) is 4.79 Å². The Bertz CT molecular complexity index is 638. The quantitative estimate of drug-likeness (QED) is 0.594. The van der Waals surface area contributed by atoms with Gasteiger partial charge in [0.25, 0.3) is 0 Å². The number of rotatable bonds is 3. The Labute approximate surface area is 129 Å². The normalized spacial score (nSPS) is 35.4. The van der Waals surface area contributed by atoms with Gasteiger partial charge in [0, 0.05) is 11.6 Å². The molecule has 4 fully saturated rings. The highest BCUT2D eigenvalue weighted by molar-refractivity contribution is 5.92. The molecule has 4 heteroatoms. The molecule has 2 atom stereocenters. The van der Waals surface area contributed by atoms with Gasteiger partial charge in [-0.1, -0.05) is 6.07 Å². The molecule has 4 bridgehead atoms. The van der Waals surface area contributed by atoms with Crippen LogP contribution in [0, 0.1) is 17.8 Å². The number of phenolic OH excluding ortho intramolecular Hbond substituents is 2. The second kappa shape index (κ2) is 4.77. The molecule has 0 aromatic heterocycles. The number of benzene rings is 1. The van der Waals surface area contributed by atoms with Gasteiger partial charge in [0.15, 0.2) is 11.5 Å². The zero-order chi connectivity index (χ0) is 15.3. The van der Waals surface area contributed by atoms with Crippen molar-refractivity contribution < 1.29 is 15.0 Å². The molecule has 1 aromatic carbocycles. The fourth-order valence-electron chi connectivity index (χ4n) is 5.10. The third kappa shape index (κ3) is 2.18. The minimum absolute atomic E-state index is 0.0477. The Balaban J connectivity index is 1.45. The Morgan fingerprint density at radius 1 is 1.14 bits per heavy atom. The van der Waals surface area contributed by atoms with E-state index < -0.39 is 0 Å². The highest BCUT2D eigenvalue weighted by Crippen LogP contribution is 2.60. The highest BCUT2D eigenvalue weighted by atomic mass is 16.3. The van der Waals surface area contributed by atoms with Crippen molar-refractivity contribution in [2.45, 2.75) is 37.6 Å². The zero-order valence-electron chi connectivity index (χ0n) is 12.5. The van der Waals surface area contributed by atoms with Crippen LogP contribution in [0.25, 0.3) is 6.08 Å². The summed E-state index contributed by atoms with van der Waals surface area (Å²) in [6.07, 6.45) is 9.42. The van der Waals surface area contributed by atoms with E-state index in [4.69, 9.17) is 0 Å². The molecular weight excluding hydrogens is 278 g/mol. The van der Waals surface area contributed by atoms with E-state index in [9.17, 15) is 15.0 Å². The summed E-state index contributed by atoms with van der Waals surface area (Å²) in [5.74, 6) is 1.92. The number of carbonyl (C=O) groups excluding carboxylic acids is 1. The molecule has 0 radical (unpaired) electrons. The van der Waals surface area contributed by atoms with Gasteiger partial charge in [-0.25, -0.2) is 0 Å². The van der Waals surface area contributed by atoms with E-state index in [2.05, 4.69) is 5.32 Å². The maximum Gasteiger partial charge on any atom is 0.244 e. The Kier molecular flexibility index (Phi) is 2.96. The molecule has 4 nitrogen and oxygen atoms in total. The molecule has 2 unspecified atom stereocenters. The van der Waals surface area contributed by atoms with Crippen LogP contribution in [0.3, 0.4) is 0 Å². The summed E-state index contributed by atoms with van der Waals surface area (Å²) in [6.45, 7) is 0. The molecule has 0 aliphatic heterocycles. The first-order valence-corrected chi connectivity index (χ1v) is 8.06. The molecule has 0 saturated heterocycles. The summed E-state index contributed by atoms with van der Waals surface area (Å²) >= 11 is 0. The second-order valence-corrected chi connectivity index (χ2v) is 7.27. The van der Waals surface area contributed by atoms with E-state index in [0.29, 0.717) is 11.5 Å². The number of hydrogen-bond acceptors (Lipinski definition) is 3. The van der Waals surface area contributed by atoms with Crippen molar-refractivity contribution in [3.05, 3.63) is 29.8 Å². The van der Waals surface area contributed by atoms with E-state index in [1.54, 1.807) is 12.1 Å². The summed E-state index contributed by atoms with van der Waals surface area (Å²) in [6, 6.07) is 4.53. The molecule has 0 heterocycles. The number of amides is 1. The number of nitrogens with one attached hydrogen (secondary N) is 1. The van der Waals surface area contributed by atoms with Gasteiger partial charge >= 0.3 is 0 Å². The molecular formula is C18H21NO3. The van der Waals surface area contributed by atoms with Crippen LogP contribution >= 0.6 is 0 Å². The maximum absolute atomic E-state index is 12.3. The van der Waals surface area contributed by atoms with Crippen LogP contribution in [-0.4, -0.2) is 21.7 Å². The Morgan fingerprint density at radius 2 is 1.86 bits per heavy atom. The SMILES string of the molecule is O=C(/C=C/c1ccc(O)c(O)c1)NC12CC3CC(CC1C3)C2. The van der Waals surface area contributed by atoms with Gasteiger partial charge in [-0.2, -0.15) is 0 Å². The fraction of sp³-hybridized carbons (Fsp3) is 0.500. The molecule has 0 spiro atoms. The van der Waals surface area contributed by atoms with Gasteiger partial charge in [0.1, 0.15) is 0 Å². The van der Waals surface area contributed by atoms with Crippen LogP contribution in [0.4, 0.5) is 0 Å². The van der Waals surface area contributed by atoms with Crippen molar-refractivity contribution in [3.8, 4) is 11.5 Å². The largest absolute Gasteiger partial charge is 0.504 e. The summed E-state index contributed by atoms with van der Waals surface area (Å²) < 4.78 is 0. The van der Waals surface area contributed by atoms with E-state index >= 15 is 0 Å². The standard InChI is InChI=1S/C18H21NO3/c20-15-3-1-11(8-16(15)21)2-4-17(22)19-18-9-12-5-13(10-18)7-14(18)6-12/h1-4,8,12-14,20-21H,5-7,9-10H2,(H,19,22)/b4-2+. The third-order valence-electron chi connectivity index (χ3n) is 5.79. The topological polar surface area (TPSA) is 69.6 Å². The van der Waals surface area contributed by atoms with E-state index in [-0.39, 0.29) is 22.9 Å². The first kappa shape index (κ1) is 13.7. The molecule has 22 heavy (non-hydrogen) atoms. The lowest BCUT2D eigenvalue weighted by molar-refractivity contribution is -0.118. The average Bonchev–Trinajstić information content (AvgIpc) is 2.84. The van der Waals surface area contributed by atoms with Gasteiger partial charge in [0.2, 0.25) is 5.91 Å². The monoisotopic (exact) mass is 299 g/mol. The number of hydrogen-bond donors (Lipinski definition) is 3. The summed E-state index contributed by atoms with van der Waals surface area (Å²) in [5, 5.41) is 22.0. The molecule has 5 rings (SSSR count). The van der Waals surface area contributed by atoms with Crippen LogP contribution in [0.1, 0.15) is 37.7 Å². The molecule has 4 aliphatic rings. The van der Waals surface area contributed by atoms with Crippen molar-refractivity contribution in [2.75, 3.05) is 0 Å². The van der Waals surface area contributed by atoms with Crippen molar-refractivity contribution in [3.63, 3.8) is 0 Å². The van der Waals surface area contributed by atoms with Gasteiger partial charge in [-0.05, 0) is 73.6 Å². The Morgan fingerprint density at radius 3 is 2.55 bits per heavy atom. The van der Waals surface area contributed by atoms with Crippen LogP contribution in [0.2, 0.25) is 0 Å². The summed E-state index contributed by atoms with van der Waals surface area (Å²) in [7, 11) is 0. The highest BCUT2D eigenvalue weighted by Gasteiger charge is 2.58. The lowest BCUT2D eigenvalue weighted by Gasteiger charge is -2.33. The summed E-state index contributed by atoms with van der Waals surface area (Å²) in [4.78, 5) is 12.3. The zero-order valence-corrected chi connectivity index (χ0v) is 12.5. The van der Waals surface area contributed by atoms with Crippen molar-refractivity contribution in [1.82, 2.24) is 5.32 Å². The minimum Gasteiger partial charge on any atom is -0.504 e. The van der Waals surface area contributed by atoms with E-state index in [1.807, 2.05) is 0 Å². The van der Waals surface area contributed by atoms with Crippen LogP contribution < -0.4 is 5.32 Å². The fourth-order valence-corrected chi connectivity index (χ4v) is 5.10. The number of carbonyl (C=O) groups is 1. The predicted octanol–water partition coefficient (Wildman–Crippen LogP) is 2.81. The molecule has 1 amide bonds. The van der Waals surface area contributed by atoms with Gasteiger partial charge in [0.05, 0.1) is 0 Å². The number of aromatic hydroxyl groups is 2. The first-order valence-electron chi connectivity index (χ1n) is 8.06. The Hall–Kier alpha value is -1.97. The van der Waals surface area contributed by atoms with Crippen LogP contribution in [0.5, 0.6) is 11.5 Å². The average molecular weight is 299 g/mol. The lowest BCUT2D eigenvalue weighted by Crippen LogP contribution is -2.48. The van der Waals surface area contributed by atoms with Gasteiger partial charge in [-0.3, -0.25) is 4.79 Å². The molecule has 3 N–H and O–H groups in total. The lowest BCUT2D eigenvalue weighted by atomic mass is 9.80. The summed E-state index contributed by atoms with van der Waals surface area (Å²) in [5.41, 5.74) is 0.742. The van der Waals surface area contributed by atoms with Crippen molar-refractivity contribution >= 4 is 12.0 Å². The van der Waals surface area contributed by atoms with Crippen molar-refractivity contribution in [1.29, 1.82) is 0 Å². The van der Waals surface area contributed by atoms with Gasteiger partial charge < -0.3 is 15.5 Å². The van der Waals surface area contributed by atoms with Crippen molar-refractivity contribution in [2.24, 2.45) is 17.8 Å². The maximum atomic E-state index is 12.3. The molecule has 116 valence electrons.